The van der Waals surface area contributed by atoms with Crippen molar-refractivity contribution in [3.63, 3.8) is 0 Å². The Morgan fingerprint density at radius 3 is 2.53 bits per heavy atom. The van der Waals surface area contributed by atoms with Crippen molar-refractivity contribution in [3.8, 4) is 0 Å². The number of rotatable bonds is 4. The van der Waals surface area contributed by atoms with E-state index in [-0.39, 0.29) is 5.78 Å². The Morgan fingerprint density at radius 1 is 0.947 bits per heavy atom. The molecule has 192 valence electrons. The number of para-hydroxylation sites is 1. The minimum absolute atomic E-state index is 0.209. The second-order valence-corrected chi connectivity index (χ2v) is 16.4. The quantitative estimate of drug-likeness (QED) is 0.159. The highest BCUT2D eigenvalue weighted by atomic mass is 28.4. The topological polar surface area (TPSA) is 34.5 Å². The summed E-state index contributed by atoms with van der Waals surface area (Å²) in [4.78, 5) is 16.2. The lowest BCUT2D eigenvalue weighted by molar-refractivity contribution is 0.104. The summed E-state index contributed by atoms with van der Waals surface area (Å²) in [6.45, 7) is 13.1. The smallest absolute Gasteiger partial charge is 0.244 e. The lowest BCUT2D eigenvalue weighted by Gasteiger charge is -2.38. The number of Topliss-reactive ketones (excluding diaryl/α,β-unsaturated/α-hetero) is 1. The normalized spacial score (nSPS) is 17.8. The molecule has 4 aromatic rings. The standard InChI is InChI=1S/C33H34N2O2Si/c1-21(37-38(2,3)4)35-30-12-6-5-10-25(30)28-18-22(13-14-31(28)35)17-24-20-27-26-11-8-16-34-15-7-9-23(32(26)34)19-29(27)33(24)36/h5-6,10,12-14,17-19H,1,7-9,11,15-16,20H2,2-4H3. The highest BCUT2D eigenvalue weighted by molar-refractivity contribution is 6.70. The maximum atomic E-state index is 13.6. The fraction of sp³-hybridized carbons (Fsp3) is 0.303. The predicted molar refractivity (Wildman–Crippen MR) is 161 cm³/mol. The Balaban J connectivity index is 1.31. The molecule has 38 heavy (non-hydrogen) atoms. The summed E-state index contributed by atoms with van der Waals surface area (Å²) in [7, 11) is -1.81. The number of benzene rings is 3. The summed E-state index contributed by atoms with van der Waals surface area (Å²) in [6.07, 6.45) is 7.41. The average Bonchev–Trinajstić information content (AvgIpc) is 3.38. The van der Waals surface area contributed by atoms with E-state index in [0.29, 0.717) is 5.88 Å². The van der Waals surface area contributed by atoms with Crippen molar-refractivity contribution in [2.75, 3.05) is 18.0 Å². The number of carbonyl (C=O) groups is 1. The van der Waals surface area contributed by atoms with Gasteiger partial charge in [0.2, 0.25) is 8.32 Å². The first-order valence-electron chi connectivity index (χ1n) is 13.9. The van der Waals surface area contributed by atoms with Gasteiger partial charge in [-0.2, -0.15) is 0 Å². The van der Waals surface area contributed by atoms with Crippen LogP contribution in [0.5, 0.6) is 0 Å². The number of ketones is 1. The molecule has 7 rings (SSSR count). The molecule has 0 N–H and O–H groups in total. The molecule has 0 atom stereocenters. The minimum Gasteiger partial charge on any atom is -0.533 e. The SMILES string of the molecule is C=C(O[Si](C)(C)C)n1c2ccccc2c2cc(C=C3Cc4c(cc5c6c4CCCN6CCC5)C3=O)ccc21. The number of aromatic nitrogens is 1. The molecule has 1 aromatic heterocycles. The maximum absolute atomic E-state index is 13.6. The molecule has 0 radical (unpaired) electrons. The van der Waals surface area contributed by atoms with E-state index in [4.69, 9.17) is 4.43 Å². The predicted octanol–water partition coefficient (Wildman–Crippen LogP) is 7.60. The largest absolute Gasteiger partial charge is 0.533 e. The molecule has 0 unspecified atom stereocenters. The molecule has 3 heterocycles. The molecule has 5 heteroatoms. The van der Waals surface area contributed by atoms with Crippen LogP contribution in [0, 0.1) is 0 Å². The van der Waals surface area contributed by atoms with Gasteiger partial charge in [-0.1, -0.05) is 24.3 Å². The third kappa shape index (κ3) is 3.67. The van der Waals surface area contributed by atoms with Gasteiger partial charge in [-0.25, -0.2) is 0 Å². The Labute approximate surface area is 225 Å². The van der Waals surface area contributed by atoms with E-state index < -0.39 is 8.32 Å². The second-order valence-electron chi connectivity index (χ2n) is 12.0. The monoisotopic (exact) mass is 518 g/mol. The summed E-state index contributed by atoms with van der Waals surface area (Å²) in [6, 6.07) is 17.1. The average molecular weight is 519 g/mol. The van der Waals surface area contributed by atoms with Crippen molar-refractivity contribution in [2.24, 2.45) is 0 Å². The van der Waals surface area contributed by atoms with Gasteiger partial charge in [0.05, 0.1) is 11.0 Å². The van der Waals surface area contributed by atoms with E-state index in [0.717, 1.165) is 65.5 Å². The molecule has 4 nitrogen and oxygen atoms in total. The van der Waals surface area contributed by atoms with E-state index in [1.54, 1.807) is 0 Å². The highest BCUT2D eigenvalue weighted by Gasteiger charge is 2.34. The van der Waals surface area contributed by atoms with Gasteiger partial charge in [0, 0.05) is 47.1 Å². The maximum Gasteiger partial charge on any atom is 0.244 e. The molecular formula is C33H34N2O2Si. The van der Waals surface area contributed by atoms with Gasteiger partial charge in [-0.05, 0) is 104 Å². The summed E-state index contributed by atoms with van der Waals surface area (Å²) in [5.41, 5.74) is 10.7. The number of allylic oxidation sites excluding steroid dienone is 1. The van der Waals surface area contributed by atoms with E-state index in [9.17, 15) is 4.79 Å². The first-order chi connectivity index (χ1) is 18.3. The van der Waals surface area contributed by atoms with Crippen molar-refractivity contribution in [1.29, 1.82) is 0 Å². The van der Waals surface area contributed by atoms with Gasteiger partial charge < -0.3 is 9.33 Å². The van der Waals surface area contributed by atoms with Crippen molar-refractivity contribution in [3.05, 3.63) is 88.5 Å². The highest BCUT2D eigenvalue weighted by Crippen LogP contribution is 2.43. The lowest BCUT2D eigenvalue weighted by Crippen LogP contribution is -2.35. The first-order valence-corrected chi connectivity index (χ1v) is 17.3. The van der Waals surface area contributed by atoms with Crippen molar-refractivity contribution >= 4 is 53.6 Å². The number of anilines is 1. The fourth-order valence-corrected chi connectivity index (χ4v) is 7.64. The Morgan fingerprint density at radius 2 is 1.71 bits per heavy atom. The van der Waals surface area contributed by atoms with E-state index >= 15 is 0 Å². The molecule has 1 aliphatic carbocycles. The van der Waals surface area contributed by atoms with Crippen molar-refractivity contribution in [1.82, 2.24) is 4.57 Å². The minimum atomic E-state index is -1.81. The van der Waals surface area contributed by atoms with Crippen LogP contribution < -0.4 is 4.90 Å². The van der Waals surface area contributed by atoms with Gasteiger partial charge >= 0.3 is 0 Å². The number of aryl methyl sites for hydroxylation is 1. The summed E-state index contributed by atoms with van der Waals surface area (Å²) >= 11 is 0. The molecule has 0 saturated heterocycles. The number of carbonyl (C=O) groups excluding carboxylic acids is 1. The Hall–Kier alpha value is -3.57. The molecule has 2 aliphatic heterocycles. The zero-order valence-electron chi connectivity index (χ0n) is 22.6. The van der Waals surface area contributed by atoms with Crippen LogP contribution in [0.1, 0.15) is 45.5 Å². The molecule has 3 aromatic carbocycles. The number of fused-ring (bicyclic) bond motifs is 5. The van der Waals surface area contributed by atoms with Gasteiger partial charge in [-0.3, -0.25) is 9.36 Å². The zero-order chi connectivity index (χ0) is 26.2. The molecule has 0 saturated carbocycles. The third-order valence-electron chi connectivity index (χ3n) is 8.26. The van der Waals surface area contributed by atoms with E-state index in [1.807, 2.05) is 0 Å². The van der Waals surface area contributed by atoms with Crippen molar-refractivity contribution in [2.45, 2.75) is 51.7 Å². The fourth-order valence-electron chi connectivity index (χ4n) is 6.84. The second kappa shape index (κ2) is 8.47. The molecule has 0 bridgehead atoms. The lowest BCUT2D eigenvalue weighted by atomic mass is 9.87. The van der Waals surface area contributed by atoms with Crippen molar-refractivity contribution < 1.29 is 9.22 Å². The van der Waals surface area contributed by atoms with Crippen LogP contribution in [0.4, 0.5) is 5.69 Å². The molecule has 3 aliphatic rings. The van der Waals surface area contributed by atoms with E-state index in [1.165, 1.54) is 40.6 Å². The third-order valence-corrected chi connectivity index (χ3v) is 9.11. The van der Waals surface area contributed by atoms with Crippen LogP contribution in [0.3, 0.4) is 0 Å². The van der Waals surface area contributed by atoms with Crippen LogP contribution in [0.15, 0.2) is 60.7 Å². The summed E-state index contributed by atoms with van der Waals surface area (Å²) < 4.78 is 8.45. The van der Waals surface area contributed by atoms with Crippen LogP contribution in [0.2, 0.25) is 19.6 Å². The first kappa shape index (κ1) is 23.5. The number of hydrogen-bond donors (Lipinski definition) is 0. The molecule has 0 fully saturated rings. The molecule has 0 spiro atoms. The van der Waals surface area contributed by atoms with Gasteiger partial charge in [0.15, 0.2) is 11.7 Å². The van der Waals surface area contributed by atoms with Crippen LogP contribution in [-0.2, 0) is 23.7 Å². The van der Waals surface area contributed by atoms with Crippen LogP contribution >= 0.6 is 0 Å². The zero-order valence-corrected chi connectivity index (χ0v) is 23.6. The molecule has 0 amide bonds. The molecular weight excluding hydrogens is 484 g/mol. The van der Waals surface area contributed by atoms with Crippen LogP contribution in [0.25, 0.3) is 33.8 Å². The summed E-state index contributed by atoms with van der Waals surface area (Å²) in [5, 5.41) is 2.32. The Bertz CT molecular complexity index is 1700. The number of nitrogens with zero attached hydrogens (tertiary/aromatic N) is 2. The van der Waals surface area contributed by atoms with E-state index in [2.05, 4.69) is 90.3 Å². The summed E-state index contributed by atoms with van der Waals surface area (Å²) in [5.74, 6) is 0.885. The van der Waals surface area contributed by atoms with Crippen LogP contribution in [-0.4, -0.2) is 31.8 Å². The Kier molecular flexibility index (Phi) is 5.24. The van der Waals surface area contributed by atoms with Gasteiger partial charge in [0.25, 0.3) is 0 Å². The number of hydrogen-bond acceptors (Lipinski definition) is 3. The van der Waals surface area contributed by atoms with Gasteiger partial charge in [0.1, 0.15) is 0 Å². The van der Waals surface area contributed by atoms with Gasteiger partial charge in [-0.15, -0.1) is 0 Å².